The van der Waals surface area contributed by atoms with Crippen LogP contribution >= 0.6 is 0 Å². The molecule has 0 bridgehead atoms. The van der Waals surface area contributed by atoms with E-state index in [-0.39, 0.29) is 17.6 Å². The number of nitrogens with one attached hydrogen (secondary N) is 1. The summed E-state index contributed by atoms with van der Waals surface area (Å²) >= 11 is 0. The van der Waals surface area contributed by atoms with Crippen LogP contribution < -0.4 is 14.8 Å². The highest BCUT2D eigenvalue weighted by Crippen LogP contribution is 2.40. The van der Waals surface area contributed by atoms with Gasteiger partial charge in [-0.15, -0.1) is 0 Å². The maximum Gasteiger partial charge on any atom is 0.261 e. The average molecular weight is 404 g/mol. The van der Waals surface area contributed by atoms with Gasteiger partial charge in [0.15, 0.2) is 6.10 Å². The number of hydrogen-bond donors (Lipinski definition) is 1. The van der Waals surface area contributed by atoms with Crippen molar-refractivity contribution < 1.29 is 14.3 Å². The molecule has 0 saturated carbocycles. The molecule has 0 radical (unpaired) electrons. The molecule has 1 N–H and O–H groups in total. The number of carbonyl (C=O) groups excluding carboxylic acids is 1. The lowest BCUT2D eigenvalue weighted by Crippen LogP contribution is -2.45. The van der Waals surface area contributed by atoms with Crippen molar-refractivity contribution in [3.05, 3.63) is 71.8 Å². The van der Waals surface area contributed by atoms with Crippen LogP contribution in [-0.4, -0.2) is 17.6 Å². The van der Waals surface area contributed by atoms with Gasteiger partial charge in [-0.1, -0.05) is 61.0 Å². The molecule has 30 heavy (non-hydrogen) atoms. The van der Waals surface area contributed by atoms with Gasteiger partial charge < -0.3 is 14.8 Å². The van der Waals surface area contributed by atoms with Crippen LogP contribution in [0.1, 0.15) is 50.8 Å². The SMILES string of the molecule is CC[C@@H](Oc1cccc2ccccc12)C(=O)N[C@H]1CC(C)(C)Oc2ccc(C)cc21. The summed E-state index contributed by atoms with van der Waals surface area (Å²) in [6.07, 6.45) is 0.734. The van der Waals surface area contributed by atoms with Gasteiger partial charge in [-0.2, -0.15) is 0 Å². The monoisotopic (exact) mass is 403 g/mol. The largest absolute Gasteiger partial charge is 0.487 e. The summed E-state index contributed by atoms with van der Waals surface area (Å²) in [5.41, 5.74) is 1.83. The van der Waals surface area contributed by atoms with Crippen LogP contribution in [0.5, 0.6) is 11.5 Å². The molecular formula is C26H29NO3. The maximum absolute atomic E-state index is 13.2. The Balaban J connectivity index is 1.57. The Morgan fingerprint density at radius 3 is 2.73 bits per heavy atom. The van der Waals surface area contributed by atoms with Gasteiger partial charge in [0.1, 0.15) is 17.1 Å². The zero-order valence-corrected chi connectivity index (χ0v) is 18.1. The number of hydrogen-bond acceptors (Lipinski definition) is 3. The second kappa shape index (κ2) is 8.02. The van der Waals surface area contributed by atoms with E-state index in [1.807, 2.05) is 61.5 Å². The molecule has 1 heterocycles. The van der Waals surface area contributed by atoms with Gasteiger partial charge in [0.2, 0.25) is 0 Å². The smallest absolute Gasteiger partial charge is 0.261 e. The van der Waals surface area contributed by atoms with E-state index in [2.05, 4.69) is 32.2 Å². The van der Waals surface area contributed by atoms with Crippen molar-refractivity contribution in [2.24, 2.45) is 0 Å². The van der Waals surface area contributed by atoms with E-state index in [1.54, 1.807) is 0 Å². The molecule has 0 aromatic heterocycles. The highest BCUT2D eigenvalue weighted by molar-refractivity contribution is 5.89. The minimum absolute atomic E-state index is 0.0967. The van der Waals surface area contributed by atoms with Crippen molar-refractivity contribution in [3.63, 3.8) is 0 Å². The van der Waals surface area contributed by atoms with E-state index in [4.69, 9.17) is 9.47 Å². The Morgan fingerprint density at radius 2 is 1.93 bits per heavy atom. The Bertz CT molecular complexity index is 1070. The third kappa shape index (κ3) is 4.13. The Kier molecular flexibility index (Phi) is 5.42. The summed E-state index contributed by atoms with van der Waals surface area (Å²) < 4.78 is 12.3. The number of carbonyl (C=O) groups is 1. The van der Waals surface area contributed by atoms with Crippen molar-refractivity contribution in [2.75, 3.05) is 0 Å². The summed E-state index contributed by atoms with van der Waals surface area (Å²) in [5, 5.41) is 5.34. The summed E-state index contributed by atoms with van der Waals surface area (Å²) in [6.45, 7) is 8.14. The molecule has 156 valence electrons. The highest BCUT2D eigenvalue weighted by atomic mass is 16.5. The van der Waals surface area contributed by atoms with Crippen LogP contribution in [0.3, 0.4) is 0 Å². The van der Waals surface area contributed by atoms with Gasteiger partial charge in [0.25, 0.3) is 5.91 Å². The van der Waals surface area contributed by atoms with Crippen LogP contribution in [0, 0.1) is 6.92 Å². The normalized spacial score (nSPS) is 18.2. The van der Waals surface area contributed by atoms with Gasteiger partial charge in [-0.3, -0.25) is 4.79 Å². The topological polar surface area (TPSA) is 47.6 Å². The second-order valence-corrected chi connectivity index (χ2v) is 8.66. The molecule has 1 amide bonds. The van der Waals surface area contributed by atoms with E-state index in [0.717, 1.165) is 33.4 Å². The predicted octanol–water partition coefficient (Wildman–Crippen LogP) is 5.72. The minimum atomic E-state index is -0.560. The van der Waals surface area contributed by atoms with Gasteiger partial charge in [-0.25, -0.2) is 0 Å². The molecule has 0 spiro atoms. The lowest BCUT2D eigenvalue weighted by molar-refractivity contribution is -0.129. The first-order valence-electron chi connectivity index (χ1n) is 10.6. The fraction of sp³-hybridized carbons (Fsp3) is 0.346. The number of aryl methyl sites for hydroxylation is 1. The number of rotatable bonds is 5. The van der Waals surface area contributed by atoms with Crippen LogP contribution in [0.15, 0.2) is 60.7 Å². The van der Waals surface area contributed by atoms with E-state index in [0.29, 0.717) is 12.8 Å². The third-order valence-corrected chi connectivity index (χ3v) is 5.62. The van der Waals surface area contributed by atoms with Crippen molar-refractivity contribution >= 4 is 16.7 Å². The van der Waals surface area contributed by atoms with Crippen LogP contribution in [0.25, 0.3) is 10.8 Å². The standard InChI is InChI=1S/C26H29NO3/c1-5-22(29-23-12-8-10-18-9-6-7-11-19(18)23)25(28)27-21-16-26(3,4)30-24-14-13-17(2)15-20(21)24/h6-15,21-22H,5,16H2,1-4H3,(H,27,28)/t21-,22+/m0/s1. The first-order valence-corrected chi connectivity index (χ1v) is 10.6. The molecule has 4 nitrogen and oxygen atoms in total. The zero-order valence-electron chi connectivity index (χ0n) is 18.1. The van der Waals surface area contributed by atoms with Crippen LogP contribution in [-0.2, 0) is 4.79 Å². The summed E-state index contributed by atoms with van der Waals surface area (Å²) in [7, 11) is 0. The molecule has 3 aromatic carbocycles. The van der Waals surface area contributed by atoms with E-state index >= 15 is 0 Å². The molecule has 0 fully saturated rings. The fourth-order valence-electron chi connectivity index (χ4n) is 4.14. The summed E-state index contributed by atoms with van der Waals surface area (Å²) in [5.74, 6) is 1.48. The predicted molar refractivity (Wildman–Crippen MR) is 120 cm³/mol. The molecule has 0 unspecified atom stereocenters. The van der Waals surface area contributed by atoms with Crippen molar-refractivity contribution in [2.45, 2.75) is 58.3 Å². The first kappa shape index (κ1) is 20.3. The zero-order chi connectivity index (χ0) is 21.3. The molecule has 1 aliphatic heterocycles. The fourth-order valence-corrected chi connectivity index (χ4v) is 4.14. The lowest BCUT2D eigenvalue weighted by atomic mass is 9.88. The van der Waals surface area contributed by atoms with Gasteiger partial charge in [0, 0.05) is 17.4 Å². The molecule has 3 aromatic rings. The van der Waals surface area contributed by atoms with Crippen molar-refractivity contribution in [1.29, 1.82) is 0 Å². The highest BCUT2D eigenvalue weighted by Gasteiger charge is 2.35. The third-order valence-electron chi connectivity index (χ3n) is 5.62. The first-order chi connectivity index (χ1) is 14.4. The van der Waals surface area contributed by atoms with E-state index in [9.17, 15) is 4.79 Å². The molecule has 0 aliphatic carbocycles. The van der Waals surface area contributed by atoms with Crippen molar-refractivity contribution in [3.8, 4) is 11.5 Å². The van der Waals surface area contributed by atoms with E-state index < -0.39 is 6.10 Å². The number of amides is 1. The van der Waals surface area contributed by atoms with Gasteiger partial charge in [-0.05, 0) is 44.7 Å². The Labute approximate surface area is 178 Å². The number of benzene rings is 3. The summed E-state index contributed by atoms with van der Waals surface area (Å²) in [4.78, 5) is 13.2. The number of ether oxygens (including phenoxy) is 2. The molecular weight excluding hydrogens is 374 g/mol. The minimum Gasteiger partial charge on any atom is -0.487 e. The molecule has 4 rings (SSSR count). The quantitative estimate of drug-likeness (QED) is 0.592. The molecule has 0 saturated heterocycles. The van der Waals surface area contributed by atoms with Crippen LogP contribution in [0.4, 0.5) is 0 Å². The van der Waals surface area contributed by atoms with Gasteiger partial charge in [0.05, 0.1) is 6.04 Å². The molecule has 1 aliphatic rings. The number of fused-ring (bicyclic) bond motifs is 2. The second-order valence-electron chi connectivity index (χ2n) is 8.66. The van der Waals surface area contributed by atoms with Crippen molar-refractivity contribution in [1.82, 2.24) is 5.32 Å². The molecule has 4 heteroatoms. The lowest BCUT2D eigenvalue weighted by Gasteiger charge is -2.38. The van der Waals surface area contributed by atoms with Crippen LogP contribution in [0.2, 0.25) is 0 Å². The molecule has 2 atom stereocenters. The average Bonchev–Trinajstić information content (AvgIpc) is 2.72. The van der Waals surface area contributed by atoms with E-state index in [1.165, 1.54) is 0 Å². The Hall–Kier alpha value is -3.01. The van der Waals surface area contributed by atoms with Gasteiger partial charge >= 0.3 is 0 Å². The maximum atomic E-state index is 13.2. The summed E-state index contributed by atoms with van der Waals surface area (Å²) in [6, 6.07) is 20.0. The Morgan fingerprint density at radius 1 is 1.17 bits per heavy atom.